The first kappa shape index (κ1) is 10.9. The number of hydrogen-bond acceptors (Lipinski definition) is 3. The predicted molar refractivity (Wildman–Crippen MR) is 45.8 cm³/mol. The van der Waals surface area contributed by atoms with Crippen LogP contribution in [0.4, 0.5) is 0 Å². The summed E-state index contributed by atoms with van der Waals surface area (Å²) in [5.74, 6) is -0.271. The molecule has 0 amide bonds. The molecule has 0 aliphatic carbocycles. The number of rotatable bonds is 4. The van der Waals surface area contributed by atoms with E-state index in [1.54, 1.807) is 21.0 Å². The molecule has 0 aromatic heterocycles. The van der Waals surface area contributed by atoms with Gasteiger partial charge in [-0.3, -0.25) is 4.79 Å². The van der Waals surface area contributed by atoms with Gasteiger partial charge in [-0.2, -0.15) is 0 Å². The van der Waals surface area contributed by atoms with E-state index in [1.807, 2.05) is 0 Å². The number of hydrogen-bond donors (Lipinski definition) is 0. The lowest BCUT2D eigenvalue weighted by Crippen LogP contribution is -2.33. The minimum Gasteiger partial charge on any atom is -0.457 e. The van der Waals surface area contributed by atoms with Crippen LogP contribution in [0.2, 0.25) is 0 Å². The lowest BCUT2D eigenvalue weighted by Gasteiger charge is -2.23. The van der Waals surface area contributed by atoms with Crippen molar-refractivity contribution in [1.82, 2.24) is 0 Å². The Hall–Kier alpha value is -0.0900. The van der Waals surface area contributed by atoms with Crippen LogP contribution in [0.15, 0.2) is 0 Å². The quantitative estimate of drug-likeness (QED) is 0.535. The smallest absolute Gasteiger partial charge is 0.317 e. The van der Waals surface area contributed by atoms with Crippen LogP contribution in [0.25, 0.3) is 0 Å². The molecule has 4 heteroatoms. The number of ether oxygens (including phenoxy) is 2. The summed E-state index contributed by atoms with van der Waals surface area (Å²) in [6.45, 7) is 4.01. The second-order valence-corrected chi connectivity index (χ2v) is 3.36. The monoisotopic (exact) mass is 224 g/mol. The average Bonchev–Trinajstić information content (AvgIpc) is 1.86. The van der Waals surface area contributed by atoms with Gasteiger partial charge >= 0.3 is 5.97 Å². The van der Waals surface area contributed by atoms with E-state index < -0.39 is 5.60 Å². The highest BCUT2D eigenvalue weighted by molar-refractivity contribution is 9.09. The van der Waals surface area contributed by atoms with E-state index in [2.05, 4.69) is 15.9 Å². The fourth-order valence-corrected chi connectivity index (χ4v) is 0.827. The number of halogens is 1. The Bertz CT molecular complexity index is 134. The van der Waals surface area contributed by atoms with Crippen LogP contribution < -0.4 is 0 Å². The van der Waals surface area contributed by atoms with Crippen LogP contribution in [0.1, 0.15) is 13.8 Å². The van der Waals surface area contributed by atoms with Crippen molar-refractivity contribution in [3.63, 3.8) is 0 Å². The molecular weight excluding hydrogens is 212 g/mol. The zero-order chi connectivity index (χ0) is 8.91. The molecule has 0 rings (SSSR count). The highest BCUT2D eigenvalue weighted by Gasteiger charge is 2.21. The van der Waals surface area contributed by atoms with Gasteiger partial charge in [0.15, 0.2) is 0 Å². The Labute approximate surface area is 75.2 Å². The van der Waals surface area contributed by atoms with Crippen LogP contribution in [0.3, 0.4) is 0 Å². The lowest BCUT2D eigenvalue weighted by atomic mass is 10.1. The van der Waals surface area contributed by atoms with Crippen LogP contribution in [0, 0.1) is 0 Å². The summed E-state index contributed by atoms with van der Waals surface area (Å²) in [5.41, 5.74) is -0.528. The number of methoxy groups -OCH3 is 1. The van der Waals surface area contributed by atoms with Crippen molar-refractivity contribution in [1.29, 1.82) is 0 Å². The SMILES string of the molecule is COCC(C)(C)OC(=O)CBr. The fourth-order valence-electron chi connectivity index (χ4n) is 0.713. The fraction of sp³-hybridized carbons (Fsp3) is 0.857. The second kappa shape index (κ2) is 4.72. The van der Waals surface area contributed by atoms with E-state index in [0.29, 0.717) is 6.61 Å². The number of alkyl halides is 1. The van der Waals surface area contributed by atoms with Gasteiger partial charge in [0.1, 0.15) is 10.9 Å². The Morgan fingerprint density at radius 1 is 1.55 bits per heavy atom. The molecular formula is C7H13BrO3. The zero-order valence-electron chi connectivity index (χ0n) is 7.02. The Balaban J connectivity index is 3.80. The third kappa shape index (κ3) is 5.21. The molecule has 0 heterocycles. The summed E-state index contributed by atoms with van der Waals surface area (Å²) in [7, 11) is 1.57. The van der Waals surface area contributed by atoms with Crippen molar-refractivity contribution in [2.45, 2.75) is 19.4 Å². The molecule has 66 valence electrons. The van der Waals surface area contributed by atoms with Gasteiger partial charge < -0.3 is 9.47 Å². The van der Waals surface area contributed by atoms with Gasteiger partial charge in [-0.25, -0.2) is 0 Å². The van der Waals surface area contributed by atoms with E-state index in [-0.39, 0.29) is 11.3 Å². The molecule has 0 spiro atoms. The largest absolute Gasteiger partial charge is 0.457 e. The maximum atomic E-state index is 10.8. The summed E-state index contributed by atoms with van der Waals surface area (Å²) >= 11 is 3.00. The Morgan fingerprint density at radius 2 is 2.09 bits per heavy atom. The zero-order valence-corrected chi connectivity index (χ0v) is 8.60. The molecule has 0 aromatic carbocycles. The minimum absolute atomic E-state index is 0.222. The summed E-state index contributed by atoms with van der Waals surface area (Å²) in [5, 5.41) is 0.222. The lowest BCUT2D eigenvalue weighted by molar-refractivity contribution is -0.157. The van der Waals surface area contributed by atoms with E-state index in [9.17, 15) is 4.79 Å². The topological polar surface area (TPSA) is 35.5 Å². The van der Waals surface area contributed by atoms with Crippen molar-refractivity contribution in [2.24, 2.45) is 0 Å². The van der Waals surface area contributed by atoms with Gasteiger partial charge in [-0.1, -0.05) is 15.9 Å². The van der Waals surface area contributed by atoms with Crippen molar-refractivity contribution >= 4 is 21.9 Å². The van der Waals surface area contributed by atoms with E-state index >= 15 is 0 Å². The van der Waals surface area contributed by atoms with Gasteiger partial charge in [0.25, 0.3) is 0 Å². The third-order valence-corrected chi connectivity index (χ3v) is 1.45. The third-order valence-electron chi connectivity index (χ3n) is 0.991. The predicted octanol–water partition coefficient (Wildman–Crippen LogP) is 1.35. The molecule has 0 bridgehead atoms. The first-order valence-electron chi connectivity index (χ1n) is 3.28. The molecule has 0 aliphatic rings. The van der Waals surface area contributed by atoms with Crippen molar-refractivity contribution in [3.8, 4) is 0 Å². The van der Waals surface area contributed by atoms with Gasteiger partial charge in [-0.15, -0.1) is 0 Å². The standard InChI is InChI=1S/C7H13BrO3/c1-7(2,5-10-3)11-6(9)4-8/h4-5H2,1-3H3. The average molecular weight is 225 g/mol. The normalized spacial score (nSPS) is 11.3. The molecule has 3 nitrogen and oxygen atoms in total. The summed E-state index contributed by atoms with van der Waals surface area (Å²) in [4.78, 5) is 10.8. The maximum Gasteiger partial charge on any atom is 0.317 e. The Morgan fingerprint density at radius 3 is 2.45 bits per heavy atom. The molecule has 0 aliphatic heterocycles. The molecule has 0 saturated carbocycles. The molecule has 0 fully saturated rings. The highest BCUT2D eigenvalue weighted by atomic mass is 79.9. The maximum absolute atomic E-state index is 10.8. The summed E-state index contributed by atoms with van der Waals surface area (Å²) < 4.78 is 9.88. The first-order valence-corrected chi connectivity index (χ1v) is 4.41. The minimum atomic E-state index is -0.528. The van der Waals surface area contributed by atoms with Crippen LogP contribution in [-0.2, 0) is 14.3 Å². The van der Waals surface area contributed by atoms with Gasteiger partial charge in [0, 0.05) is 7.11 Å². The van der Waals surface area contributed by atoms with E-state index in [4.69, 9.17) is 9.47 Å². The number of carbonyl (C=O) groups is 1. The summed E-state index contributed by atoms with van der Waals surface area (Å²) in [6, 6.07) is 0. The van der Waals surface area contributed by atoms with Crippen LogP contribution in [-0.4, -0.2) is 30.6 Å². The van der Waals surface area contributed by atoms with E-state index in [0.717, 1.165) is 0 Å². The first-order chi connectivity index (χ1) is 5.02. The van der Waals surface area contributed by atoms with Crippen LogP contribution >= 0.6 is 15.9 Å². The van der Waals surface area contributed by atoms with Crippen molar-refractivity contribution in [3.05, 3.63) is 0 Å². The number of carbonyl (C=O) groups excluding carboxylic acids is 1. The molecule has 0 saturated heterocycles. The van der Waals surface area contributed by atoms with Gasteiger partial charge in [0.2, 0.25) is 0 Å². The molecule has 0 unspecified atom stereocenters. The summed E-state index contributed by atoms with van der Waals surface area (Å²) in [6.07, 6.45) is 0. The van der Waals surface area contributed by atoms with Crippen molar-refractivity contribution < 1.29 is 14.3 Å². The highest BCUT2D eigenvalue weighted by Crippen LogP contribution is 2.09. The van der Waals surface area contributed by atoms with Gasteiger partial charge in [0.05, 0.1) is 6.61 Å². The molecule has 11 heavy (non-hydrogen) atoms. The number of esters is 1. The Kier molecular flexibility index (Phi) is 4.68. The second-order valence-electron chi connectivity index (χ2n) is 2.80. The molecule has 0 N–H and O–H groups in total. The van der Waals surface area contributed by atoms with Crippen LogP contribution in [0.5, 0.6) is 0 Å². The van der Waals surface area contributed by atoms with E-state index in [1.165, 1.54) is 0 Å². The van der Waals surface area contributed by atoms with Gasteiger partial charge in [-0.05, 0) is 13.8 Å². The molecule has 0 radical (unpaired) electrons. The van der Waals surface area contributed by atoms with Crippen molar-refractivity contribution in [2.75, 3.05) is 19.0 Å². The molecule has 0 aromatic rings. The molecule has 0 atom stereocenters.